The predicted octanol–water partition coefficient (Wildman–Crippen LogP) is 0.937. The van der Waals surface area contributed by atoms with Crippen LogP contribution in [0, 0.1) is 23.2 Å². The van der Waals surface area contributed by atoms with E-state index in [0.29, 0.717) is 19.0 Å². The zero-order valence-electron chi connectivity index (χ0n) is 19.6. The highest BCUT2D eigenvalue weighted by Crippen LogP contribution is 2.23. The molecule has 0 aromatic carbocycles. The van der Waals surface area contributed by atoms with Gasteiger partial charge in [0, 0.05) is 26.2 Å². The quantitative estimate of drug-likeness (QED) is 0.680. The molecule has 0 aliphatic carbocycles. The van der Waals surface area contributed by atoms with Crippen LogP contribution >= 0.6 is 0 Å². The van der Waals surface area contributed by atoms with Crippen molar-refractivity contribution < 1.29 is 9.53 Å². The summed E-state index contributed by atoms with van der Waals surface area (Å²) in [4.78, 5) is 44.6. The van der Waals surface area contributed by atoms with Crippen LogP contribution in [0.4, 0.5) is 10.7 Å². The second kappa shape index (κ2) is 9.41. The fraction of sp³-hybridized carbons (Fsp3) is 0.591. The minimum absolute atomic E-state index is 0.168. The van der Waals surface area contributed by atoms with Gasteiger partial charge in [-0.05, 0) is 40.5 Å². The van der Waals surface area contributed by atoms with E-state index in [2.05, 4.69) is 22.1 Å². The van der Waals surface area contributed by atoms with Crippen LogP contribution in [0.25, 0.3) is 11.2 Å². The van der Waals surface area contributed by atoms with Gasteiger partial charge in [0.25, 0.3) is 5.56 Å². The maximum Gasteiger partial charge on any atom is 0.407 e. The normalized spacial score (nSPS) is 16.1. The Labute approximate surface area is 191 Å². The van der Waals surface area contributed by atoms with Crippen LogP contribution in [0.3, 0.4) is 0 Å². The predicted molar refractivity (Wildman–Crippen MR) is 123 cm³/mol. The molecule has 1 fully saturated rings. The molecule has 0 bridgehead atoms. The molecule has 1 amide bonds. The van der Waals surface area contributed by atoms with Gasteiger partial charge in [0.1, 0.15) is 12.1 Å². The van der Waals surface area contributed by atoms with E-state index in [1.165, 1.54) is 11.6 Å². The molecule has 33 heavy (non-hydrogen) atoms. The lowest BCUT2D eigenvalue weighted by Crippen LogP contribution is -2.49. The molecule has 2 aromatic rings. The average Bonchev–Trinajstić information content (AvgIpc) is 3.12. The third-order valence-electron chi connectivity index (χ3n) is 5.28. The van der Waals surface area contributed by atoms with Gasteiger partial charge in [0.05, 0.1) is 12.6 Å². The van der Waals surface area contributed by atoms with Gasteiger partial charge < -0.3 is 15.0 Å². The van der Waals surface area contributed by atoms with Crippen molar-refractivity contribution in [3.8, 4) is 17.9 Å². The number of ether oxygens (including phenoxy) is 1. The first kappa shape index (κ1) is 23.9. The Balaban J connectivity index is 2.04. The summed E-state index contributed by atoms with van der Waals surface area (Å²) in [6.07, 6.45) is 1.08. The highest BCUT2D eigenvalue weighted by atomic mass is 16.6. The largest absolute Gasteiger partial charge is 0.444 e. The first-order chi connectivity index (χ1) is 15.6. The van der Waals surface area contributed by atoms with Crippen molar-refractivity contribution in [3.63, 3.8) is 0 Å². The number of alkyl carbamates (subject to hydrolysis) is 1. The van der Waals surface area contributed by atoms with Crippen molar-refractivity contribution in [2.75, 3.05) is 18.0 Å². The number of aryl methyl sites for hydroxylation is 1. The Bertz CT molecular complexity index is 1280. The third-order valence-corrected chi connectivity index (χ3v) is 5.28. The fourth-order valence-electron chi connectivity index (χ4n) is 3.87. The zero-order chi connectivity index (χ0) is 24.3. The molecular formula is C22H29N7O4. The molecule has 1 atom stereocenters. The zero-order valence-corrected chi connectivity index (χ0v) is 19.6. The van der Waals surface area contributed by atoms with Gasteiger partial charge in [0.15, 0.2) is 11.2 Å². The Morgan fingerprint density at radius 3 is 2.64 bits per heavy atom. The summed E-state index contributed by atoms with van der Waals surface area (Å²) in [5.41, 5.74) is -1.33. The molecule has 0 spiro atoms. The van der Waals surface area contributed by atoms with E-state index in [-0.39, 0.29) is 30.3 Å². The molecule has 1 aliphatic rings. The minimum Gasteiger partial charge on any atom is -0.444 e. The number of hydrogen-bond donors (Lipinski definition) is 1. The number of rotatable bonds is 4. The number of fused-ring (bicyclic) bond motifs is 1. The molecule has 1 N–H and O–H groups in total. The van der Waals surface area contributed by atoms with Gasteiger partial charge in [-0.2, -0.15) is 10.2 Å². The highest BCUT2D eigenvalue weighted by Gasteiger charge is 2.29. The number of aromatic nitrogens is 4. The minimum atomic E-state index is -0.602. The van der Waals surface area contributed by atoms with E-state index < -0.39 is 22.9 Å². The van der Waals surface area contributed by atoms with E-state index >= 15 is 0 Å². The van der Waals surface area contributed by atoms with Crippen LogP contribution in [0.2, 0.25) is 0 Å². The Morgan fingerprint density at radius 2 is 2.00 bits per heavy atom. The SMILES string of the molecule is CC#CCn1c(N2CCCC(NC(=O)OC(C)(C)C)C2)nc2c1c(=O)n(CC#N)c(=O)n2C. The van der Waals surface area contributed by atoms with Crippen LogP contribution < -0.4 is 21.5 Å². The number of nitriles is 1. The van der Waals surface area contributed by atoms with Crippen molar-refractivity contribution in [2.45, 2.75) is 65.3 Å². The Morgan fingerprint density at radius 1 is 1.27 bits per heavy atom. The standard InChI is InChI=1S/C22H29N7O4/c1-6-7-12-28-16-17(26(5)21(32)29(13-10-23)18(16)30)25-19(28)27-11-8-9-15(14-27)24-20(31)33-22(2,3)4/h15H,8-9,11-14H2,1-5H3,(H,24,31). The number of hydrogen-bond acceptors (Lipinski definition) is 7. The lowest BCUT2D eigenvalue weighted by atomic mass is 10.1. The van der Waals surface area contributed by atoms with Crippen LogP contribution in [0.1, 0.15) is 40.5 Å². The number of piperidine rings is 1. The van der Waals surface area contributed by atoms with Gasteiger partial charge in [-0.15, -0.1) is 5.92 Å². The maximum absolute atomic E-state index is 13.1. The molecule has 11 heteroatoms. The number of amides is 1. The van der Waals surface area contributed by atoms with E-state index in [4.69, 9.17) is 10.00 Å². The summed E-state index contributed by atoms with van der Waals surface area (Å²) < 4.78 is 9.22. The van der Waals surface area contributed by atoms with Crippen LogP contribution in [-0.4, -0.2) is 49.5 Å². The van der Waals surface area contributed by atoms with Crippen molar-refractivity contribution in [2.24, 2.45) is 7.05 Å². The highest BCUT2D eigenvalue weighted by molar-refractivity contribution is 5.75. The van der Waals surface area contributed by atoms with E-state index in [9.17, 15) is 14.4 Å². The lowest BCUT2D eigenvalue weighted by Gasteiger charge is -2.34. The van der Waals surface area contributed by atoms with Gasteiger partial charge in [-0.1, -0.05) is 5.92 Å². The fourth-order valence-corrected chi connectivity index (χ4v) is 3.87. The van der Waals surface area contributed by atoms with Gasteiger partial charge in [-0.3, -0.25) is 13.9 Å². The Kier molecular flexibility index (Phi) is 6.82. The smallest absolute Gasteiger partial charge is 0.407 e. The summed E-state index contributed by atoms with van der Waals surface area (Å²) >= 11 is 0. The molecule has 1 aliphatic heterocycles. The van der Waals surface area contributed by atoms with Gasteiger partial charge in [-0.25, -0.2) is 14.2 Å². The summed E-state index contributed by atoms with van der Waals surface area (Å²) in [5, 5.41) is 12.0. The van der Waals surface area contributed by atoms with Crippen molar-refractivity contribution in [1.29, 1.82) is 5.26 Å². The summed E-state index contributed by atoms with van der Waals surface area (Å²) in [7, 11) is 1.52. The summed E-state index contributed by atoms with van der Waals surface area (Å²) in [6, 6.07) is 1.69. The number of carbonyl (C=O) groups is 1. The van der Waals surface area contributed by atoms with E-state index in [0.717, 1.165) is 17.4 Å². The molecule has 3 rings (SSSR count). The van der Waals surface area contributed by atoms with Gasteiger partial charge in [0.2, 0.25) is 5.95 Å². The van der Waals surface area contributed by atoms with Crippen molar-refractivity contribution in [1.82, 2.24) is 24.0 Å². The first-order valence-electron chi connectivity index (χ1n) is 10.8. The average molecular weight is 456 g/mol. The second-order valence-electron chi connectivity index (χ2n) is 8.92. The molecule has 2 aromatic heterocycles. The monoisotopic (exact) mass is 455 g/mol. The maximum atomic E-state index is 13.1. The molecule has 176 valence electrons. The molecule has 11 nitrogen and oxygen atoms in total. The van der Waals surface area contributed by atoms with Crippen molar-refractivity contribution >= 4 is 23.2 Å². The Hall–Kier alpha value is -3.73. The molecular weight excluding hydrogens is 426 g/mol. The van der Waals surface area contributed by atoms with Gasteiger partial charge >= 0.3 is 11.8 Å². The first-order valence-corrected chi connectivity index (χ1v) is 10.8. The molecule has 3 heterocycles. The molecule has 1 saturated heterocycles. The number of carbonyl (C=O) groups excluding carboxylic acids is 1. The number of nitrogens with zero attached hydrogens (tertiary/aromatic N) is 6. The molecule has 0 saturated carbocycles. The van der Waals surface area contributed by atoms with E-state index in [1.807, 2.05) is 11.0 Å². The topological polar surface area (TPSA) is 127 Å². The van der Waals surface area contributed by atoms with Crippen LogP contribution in [0.5, 0.6) is 0 Å². The molecule has 0 radical (unpaired) electrons. The number of nitrogens with one attached hydrogen (secondary N) is 1. The second-order valence-corrected chi connectivity index (χ2v) is 8.92. The van der Waals surface area contributed by atoms with E-state index in [1.54, 1.807) is 32.3 Å². The lowest BCUT2D eigenvalue weighted by molar-refractivity contribution is 0.0500. The van der Waals surface area contributed by atoms with Crippen LogP contribution in [-0.2, 0) is 24.9 Å². The summed E-state index contributed by atoms with van der Waals surface area (Å²) in [6.45, 7) is 8.08. The molecule has 1 unspecified atom stereocenters. The number of imidazole rings is 1. The van der Waals surface area contributed by atoms with Crippen LogP contribution in [0.15, 0.2) is 9.59 Å². The summed E-state index contributed by atoms with van der Waals surface area (Å²) in [5.74, 6) is 6.27. The van der Waals surface area contributed by atoms with Crippen molar-refractivity contribution in [3.05, 3.63) is 20.8 Å². The number of anilines is 1. The third kappa shape index (κ3) is 5.03.